The number of hydrogen-bond donors (Lipinski definition) is 2. The van der Waals surface area contributed by atoms with Crippen LogP contribution in [0.2, 0.25) is 0 Å². The Hall–Kier alpha value is -2.93. The maximum absolute atomic E-state index is 12.7. The quantitative estimate of drug-likeness (QED) is 0.414. The van der Waals surface area contributed by atoms with E-state index in [-0.39, 0.29) is 17.4 Å². The average molecular weight is 478 g/mol. The van der Waals surface area contributed by atoms with Crippen LogP contribution in [0.15, 0.2) is 59.2 Å². The molecule has 1 atom stereocenters. The number of aryl methyl sites for hydroxylation is 1. The van der Waals surface area contributed by atoms with Crippen molar-refractivity contribution in [2.24, 2.45) is 0 Å². The molecule has 2 N–H and O–H groups in total. The molecule has 1 fully saturated rings. The van der Waals surface area contributed by atoms with Gasteiger partial charge < -0.3 is 10.3 Å². The largest absolute Gasteiger partial charge is 0.351 e. The minimum atomic E-state index is -0.123. The molecular weight excluding hydrogens is 454 g/mol. The molecule has 0 spiro atoms. The van der Waals surface area contributed by atoms with E-state index in [9.17, 15) is 4.79 Å². The third-order valence-corrected chi connectivity index (χ3v) is 7.20. The fourth-order valence-electron chi connectivity index (χ4n) is 4.16. The number of rotatable bonds is 6. The summed E-state index contributed by atoms with van der Waals surface area (Å²) in [6, 6.07) is 16.4. The zero-order chi connectivity index (χ0) is 21.6. The molecule has 6 nitrogen and oxygen atoms in total. The lowest BCUT2D eigenvalue weighted by Gasteiger charge is -2.13. The van der Waals surface area contributed by atoms with Gasteiger partial charge in [0, 0.05) is 33.5 Å². The Morgan fingerprint density at radius 1 is 1.26 bits per heavy atom. The first-order valence-corrected chi connectivity index (χ1v) is 11.3. The fraction of sp³-hybridized carbons (Fsp3) is 0.292. The third-order valence-electron chi connectivity index (χ3n) is 6.34. The number of benzene rings is 2. The van der Waals surface area contributed by atoms with Gasteiger partial charge in [-0.2, -0.15) is 0 Å². The Bertz CT molecular complexity index is 1260. The third kappa shape index (κ3) is 3.57. The molecule has 0 saturated heterocycles. The molecule has 1 amide bonds. The predicted octanol–water partition coefficient (Wildman–Crippen LogP) is 4.90. The number of nitrogens with zero attached hydrogens (tertiary/aromatic N) is 3. The summed E-state index contributed by atoms with van der Waals surface area (Å²) < 4.78 is 2.89. The van der Waals surface area contributed by atoms with Gasteiger partial charge in [0.15, 0.2) is 0 Å². The maximum Gasteiger partial charge on any atom is 0.267 e. The summed E-state index contributed by atoms with van der Waals surface area (Å²) in [7, 11) is 0. The highest BCUT2D eigenvalue weighted by Crippen LogP contribution is 2.52. The van der Waals surface area contributed by atoms with Gasteiger partial charge >= 0.3 is 0 Å². The van der Waals surface area contributed by atoms with Crippen LogP contribution in [0.1, 0.15) is 53.1 Å². The van der Waals surface area contributed by atoms with E-state index in [0.29, 0.717) is 12.2 Å². The number of carbonyl (C=O) groups is 1. The molecule has 1 aliphatic carbocycles. The van der Waals surface area contributed by atoms with Gasteiger partial charge in [-0.3, -0.25) is 4.79 Å². The second kappa shape index (κ2) is 7.64. The molecule has 31 heavy (non-hydrogen) atoms. The van der Waals surface area contributed by atoms with Crippen molar-refractivity contribution in [2.75, 3.05) is 6.54 Å². The van der Waals surface area contributed by atoms with Crippen LogP contribution in [0, 0.1) is 6.92 Å². The molecule has 4 aromatic rings. The van der Waals surface area contributed by atoms with E-state index in [4.69, 9.17) is 0 Å². The molecule has 0 bridgehead atoms. The van der Waals surface area contributed by atoms with Crippen LogP contribution in [-0.2, 0) is 5.41 Å². The number of H-pyrrole nitrogens is 1. The number of hydrogen-bond acceptors (Lipinski definition) is 3. The van der Waals surface area contributed by atoms with E-state index in [1.54, 1.807) is 0 Å². The van der Waals surface area contributed by atoms with Gasteiger partial charge in [-0.1, -0.05) is 51.5 Å². The van der Waals surface area contributed by atoms with Gasteiger partial charge in [-0.15, -0.1) is 5.10 Å². The molecule has 5 rings (SSSR count). The number of carbonyl (C=O) groups excluding carboxylic acids is 1. The minimum absolute atomic E-state index is 0.00102. The van der Waals surface area contributed by atoms with E-state index >= 15 is 0 Å². The Balaban J connectivity index is 1.27. The van der Waals surface area contributed by atoms with Gasteiger partial charge in [-0.25, -0.2) is 4.68 Å². The molecule has 2 heterocycles. The summed E-state index contributed by atoms with van der Waals surface area (Å²) in [5.41, 5.74) is 4.93. The van der Waals surface area contributed by atoms with Gasteiger partial charge in [0.2, 0.25) is 0 Å². The summed E-state index contributed by atoms with van der Waals surface area (Å²) in [6.45, 7) is 4.54. The topological polar surface area (TPSA) is 75.6 Å². The minimum Gasteiger partial charge on any atom is -0.351 e. The van der Waals surface area contributed by atoms with E-state index in [1.165, 1.54) is 5.56 Å². The summed E-state index contributed by atoms with van der Waals surface area (Å²) in [5, 5.41) is 12.9. The fourth-order valence-corrected chi connectivity index (χ4v) is 4.51. The van der Waals surface area contributed by atoms with Crippen molar-refractivity contribution in [1.29, 1.82) is 0 Å². The standard InChI is InChI=1S/C24H24BrN5O/c1-15(13-26-23(31)21-12-18-16(2)19(25)8-9-20(18)27-21)30-14-22(28-29-30)24(10-11-24)17-6-4-3-5-7-17/h3-9,12,14-15,27H,10-11,13H2,1-2H3,(H,26,31). The highest BCUT2D eigenvalue weighted by molar-refractivity contribution is 9.10. The SMILES string of the molecule is Cc1c(Br)ccc2[nH]c(C(=O)NCC(C)n3cc(C4(c5ccccc5)CC4)nn3)cc12. The second-order valence-electron chi connectivity index (χ2n) is 8.41. The normalized spacial score (nSPS) is 15.7. The van der Waals surface area contributed by atoms with Crippen molar-refractivity contribution in [3.8, 4) is 0 Å². The number of nitrogens with one attached hydrogen (secondary N) is 2. The zero-order valence-corrected chi connectivity index (χ0v) is 19.1. The van der Waals surface area contributed by atoms with Crippen molar-refractivity contribution in [3.63, 3.8) is 0 Å². The molecule has 1 unspecified atom stereocenters. The van der Waals surface area contributed by atoms with Crippen LogP contribution in [0.4, 0.5) is 0 Å². The molecule has 1 saturated carbocycles. The van der Waals surface area contributed by atoms with E-state index in [1.807, 2.05) is 49.0 Å². The van der Waals surface area contributed by atoms with Gasteiger partial charge in [0.05, 0.1) is 11.7 Å². The Morgan fingerprint density at radius 2 is 2.03 bits per heavy atom. The molecule has 1 aliphatic rings. The van der Waals surface area contributed by atoms with Crippen LogP contribution in [-0.4, -0.2) is 32.4 Å². The number of aromatic amines is 1. The summed E-state index contributed by atoms with van der Waals surface area (Å²) in [4.78, 5) is 15.9. The highest BCUT2D eigenvalue weighted by Gasteiger charge is 2.48. The molecule has 2 aromatic carbocycles. The van der Waals surface area contributed by atoms with Crippen molar-refractivity contribution in [2.45, 2.75) is 38.1 Å². The first-order valence-electron chi connectivity index (χ1n) is 10.5. The monoisotopic (exact) mass is 477 g/mol. The summed E-state index contributed by atoms with van der Waals surface area (Å²) >= 11 is 3.54. The van der Waals surface area contributed by atoms with Gasteiger partial charge in [0.25, 0.3) is 5.91 Å². The van der Waals surface area contributed by atoms with E-state index in [0.717, 1.165) is 39.5 Å². The van der Waals surface area contributed by atoms with Crippen LogP contribution in [0.5, 0.6) is 0 Å². The molecule has 0 aliphatic heterocycles. The summed E-state index contributed by atoms with van der Waals surface area (Å²) in [5.74, 6) is -0.123. The van der Waals surface area contributed by atoms with Crippen molar-refractivity contribution in [3.05, 3.63) is 81.7 Å². The first kappa shape index (κ1) is 20.0. The lowest BCUT2D eigenvalue weighted by Crippen LogP contribution is -2.30. The molecule has 158 valence electrons. The number of amides is 1. The number of aromatic nitrogens is 4. The van der Waals surface area contributed by atoms with Crippen molar-refractivity contribution < 1.29 is 4.79 Å². The van der Waals surface area contributed by atoms with Crippen LogP contribution < -0.4 is 5.32 Å². The molecule has 0 radical (unpaired) electrons. The molecule has 2 aromatic heterocycles. The zero-order valence-electron chi connectivity index (χ0n) is 17.5. The van der Waals surface area contributed by atoms with E-state index < -0.39 is 0 Å². The first-order chi connectivity index (χ1) is 15.0. The van der Waals surface area contributed by atoms with Gasteiger partial charge in [0.1, 0.15) is 5.69 Å². The van der Waals surface area contributed by atoms with Crippen LogP contribution in [0.3, 0.4) is 0 Å². The average Bonchev–Trinajstić information content (AvgIpc) is 3.23. The predicted molar refractivity (Wildman–Crippen MR) is 124 cm³/mol. The Labute approximate surface area is 189 Å². The van der Waals surface area contributed by atoms with Gasteiger partial charge in [-0.05, 0) is 56.0 Å². The van der Waals surface area contributed by atoms with Crippen LogP contribution >= 0.6 is 15.9 Å². The van der Waals surface area contributed by atoms with Crippen molar-refractivity contribution >= 4 is 32.7 Å². The molecule has 7 heteroatoms. The highest BCUT2D eigenvalue weighted by atomic mass is 79.9. The van der Waals surface area contributed by atoms with E-state index in [2.05, 4.69) is 60.8 Å². The lowest BCUT2D eigenvalue weighted by atomic mass is 9.93. The second-order valence-corrected chi connectivity index (χ2v) is 9.26. The smallest absolute Gasteiger partial charge is 0.267 e. The summed E-state index contributed by atoms with van der Waals surface area (Å²) in [6.07, 6.45) is 4.22. The molecular formula is C24H24BrN5O. The number of fused-ring (bicyclic) bond motifs is 1. The lowest BCUT2D eigenvalue weighted by molar-refractivity contribution is 0.0943. The van der Waals surface area contributed by atoms with Crippen molar-refractivity contribution in [1.82, 2.24) is 25.3 Å². The number of halogens is 1. The Kier molecular flexibility index (Phi) is 4.93. The Morgan fingerprint density at radius 3 is 2.77 bits per heavy atom. The maximum atomic E-state index is 12.7. The van der Waals surface area contributed by atoms with Crippen LogP contribution in [0.25, 0.3) is 10.9 Å².